The van der Waals surface area contributed by atoms with Gasteiger partial charge in [0.15, 0.2) is 0 Å². The van der Waals surface area contributed by atoms with E-state index < -0.39 is 0 Å². The van der Waals surface area contributed by atoms with Crippen LogP contribution in [0, 0.1) is 6.92 Å². The number of nitrogens with one attached hydrogen (secondary N) is 2. The Labute approximate surface area is 150 Å². The van der Waals surface area contributed by atoms with Crippen molar-refractivity contribution in [3.63, 3.8) is 0 Å². The molecule has 6 heteroatoms. The lowest BCUT2D eigenvalue weighted by Crippen LogP contribution is -2.40. The second kappa shape index (κ2) is 6.64. The molecule has 0 saturated heterocycles. The van der Waals surface area contributed by atoms with Gasteiger partial charge >= 0.3 is 0 Å². The molecule has 0 fully saturated rings. The smallest absolute Gasteiger partial charge is 0.261 e. The van der Waals surface area contributed by atoms with Crippen molar-refractivity contribution in [3.05, 3.63) is 75.7 Å². The Morgan fingerprint density at radius 2 is 2.08 bits per heavy atom. The van der Waals surface area contributed by atoms with Crippen molar-refractivity contribution in [2.45, 2.75) is 25.4 Å². The number of aromatic nitrogens is 2. The monoisotopic (exact) mass is 350 g/mol. The summed E-state index contributed by atoms with van der Waals surface area (Å²) in [6.45, 7) is 1.94. The number of carbonyl (C=O) groups excluding carboxylic acids is 1. The van der Waals surface area contributed by atoms with E-state index >= 15 is 0 Å². The molecular formula is C19H18N4OS. The lowest BCUT2D eigenvalue weighted by atomic mass is 10.1. The molecule has 0 radical (unpaired) electrons. The Kier molecular flexibility index (Phi) is 4.19. The molecule has 0 unspecified atom stereocenters. The van der Waals surface area contributed by atoms with Gasteiger partial charge in [0.2, 0.25) is 5.95 Å². The number of rotatable bonds is 4. The van der Waals surface area contributed by atoms with Crippen LogP contribution in [0.1, 0.15) is 32.5 Å². The minimum absolute atomic E-state index is 0.0373. The minimum atomic E-state index is -0.0538. The van der Waals surface area contributed by atoms with Gasteiger partial charge in [0.05, 0.1) is 17.0 Å². The Morgan fingerprint density at radius 3 is 2.88 bits per heavy atom. The normalized spacial score (nSPS) is 18.6. The van der Waals surface area contributed by atoms with Crippen molar-refractivity contribution in [1.82, 2.24) is 15.3 Å². The summed E-state index contributed by atoms with van der Waals surface area (Å²) in [5, 5.41) is 8.48. The van der Waals surface area contributed by atoms with Crippen LogP contribution in [-0.4, -0.2) is 21.9 Å². The van der Waals surface area contributed by atoms with Crippen LogP contribution in [0.25, 0.3) is 0 Å². The van der Waals surface area contributed by atoms with Gasteiger partial charge in [-0.25, -0.2) is 9.97 Å². The predicted octanol–water partition coefficient (Wildman–Crippen LogP) is 3.35. The zero-order chi connectivity index (χ0) is 17.2. The van der Waals surface area contributed by atoms with E-state index in [0.29, 0.717) is 5.95 Å². The fourth-order valence-electron chi connectivity index (χ4n) is 3.21. The standard InChI is InChI=1S/C19H18N4OS/c1-12-8-9-20-19(21-12)23-17-14-6-3-2-5-13(14)11-15(17)22-18(24)16-7-4-10-25-16/h2-10,15,17H,11H2,1H3,(H,22,24)(H,20,21,23)/t15-,17-/m1/s1. The Morgan fingerprint density at radius 1 is 1.20 bits per heavy atom. The summed E-state index contributed by atoms with van der Waals surface area (Å²) in [6.07, 6.45) is 2.53. The number of hydrogen-bond donors (Lipinski definition) is 2. The highest BCUT2D eigenvalue weighted by Crippen LogP contribution is 2.33. The lowest BCUT2D eigenvalue weighted by Gasteiger charge is -2.23. The van der Waals surface area contributed by atoms with Gasteiger partial charge in [0.25, 0.3) is 5.91 Å². The number of anilines is 1. The summed E-state index contributed by atoms with van der Waals surface area (Å²) in [7, 11) is 0. The summed E-state index contributed by atoms with van der Waals surface area (Å²) in [5.74, 6) is 0.543. The van der Waals surface area contributed by atoms with Crippen LogP contribution >= 0.6 is 11.3 Å². The van der Waals surface area contributed by atoms with Gasteiger partial charge in [-0.1, -0.05) is 30.3 Å². The fourth-order valence-corrected chi connectivity index (χ4v) is 3.84. The summed E-state index contributed by atoms with van der Waals surface area (Å²) >= 11 is 1.45. The molecule has 2 atom stereocenters. The van der Waals surface area contributed by atoms with Gasteiger partial charge in [-0.2, -0.15) is 0 Å². The number of benzene rings is 1. The number of hydrogen-bond acceptors (Lipinski definition) is 5. The van der Waals surface area contributed by atoms with Crippen LogP contribution in [0.15, 0.2) is 54.0 Å². The van der Waals surface area contributed by atoms with Crippen molar-refractivity contribution in [1.29, 1.82) is 0 Å². The number of fused-ring (bicyclic) bond motifs is 1. The van der Waals surface area contributed by atoms with E-state index in [2.05, 4.69) is 32.7 Å². The molecular weight excluding hydrogens is 332 g/mol. The van der Waals surface area contributed by atoms with Gasteiger partial charge in [-0.3, -0.25) is 4.79 Å². The van der Waals surface area contributed by atoms with E-state index in [-0.39, 0.29) is 18.0 Å². The topological polar surface area (TPSA) is 66.9 Å². The third kappa shape index (κ3) is 3.25. The molecule has 3 aromatic rings. The molecule has 1 amide bonds. The summed E-state index contributed by atoms with van der Waals surface area (Å²) < 4.78 is 0. The predicted molar refractivity (Wildman–Crippen MR) is 98.9 cm³/mol. The van der Waals surface area contributed by atoms with Gasteiger partial charge in [0.1, 0.15) is 0 Å². The van der Waals surface area contributed by atoms with Crippen LogP contribution in [0.4, 0.5) is 5.95 Å². The third-order valence-corrected chi connectivity index (χ3v) is 5.24. The highest BCUT2D eigenvalue weighted by molar-refractivity contribution is 7.12. The number of carbonyl (C=O) groups is 1. The first-order valence-corrected chi connectivity index (χ1v) is 9.07. The summed E-state index contributed by atoms with van der Waals surface area (Å²) in [6, 6.07) is 13.8. The van der Waals surface area contributed by atoms with Crippen molar-refractivity contribution < 1.29 is 4.79 Å². The zero-order valence-corrected chi connectivity index (χ0v) is 14.6. The second-order valence-electron chi connectivity index (χ2n) is 6.10. The van der Waals surface area contributed by atoms with Gasteiger partial charge in [0, 0.05) is 11.9 Å². The van der Waals surface area contributed by atoms with Crippen LogP contribution in [0.2, 0.25) is 0 Å². The molecule has 0 bridgehead atoms. The molecule has 0 saturated carbocycles. The molecule has 2 heterocycles. The van der Waals surface area contributed by atoms with E-state index in [9.17, 15) is 4.79 Å². The molecule has 25 heavy (non-hydrogen) atoms. The first kappa shape index (κ1) is 15.8. The molecule has 5 nitrogen and oxygen atoms in total. The van der Waals surface area contributed by atoms with Crippen molar-refractivity contribution in [2.75, 3.05) is 5.32 Å². The van der Waals surface area contributed by atoms with Crippen LogP contribution in [-0.2, 0) is 6.42 Å². The average molecular weight is 350 g/mol. The fraction of sp³-hybridized carbons (Fsp3) is 0.211. The van der Waals surface area contributed by atoms with E-state index in [1.807, 2.05) is 42.6 Å². The molecule has 0 aliphatic heterocycles. The highest BCUT2D eigenvalue weighted by atomic mass is 32.1. The Bertz CT molecular complexity index is 894. The molecule has 2 aromatic heterocycles. The van der Waals surface area contributed by atoms with E-state index in [4.69, 9.17) is 0 Å². The maximum atomic E-state index is 12.5. The van der Waals surface area contributed by atoms with Gasteiger partial charge in [-0.05, 0) is 42.0 Å². The minimum Gasteiger partial charge on any atom is -0.346 e. The third-order valence-electron chi connectivity index (χ3n) is 4.37. The number of thiophene rings is 1. The van der Waals surface area contributed by atoms with Crippen molar-refractivity contribution in [3.8, 4) is 0 Å². The molecule has 1 aliphatic rings. The zero-order valence-electron chi connectivity index (χ0n) is 13.8. The van der Waals surface area contributed by atoms with Crippen LogP contribution in [0.5, 0.6) is 0 Å². The molecule has 2 N–H and O–H groups in total. The van der Waals surface area contributed by atoms with Crippen molar-refractivity contribution >= 4 is 23.2 Å². The first-order chi connectivity index (χ1) is 12.2. The molecule has 1 aromatic carbocycles. The largest absolute Gasteiger partial charge is 0.346 e. The van der Waals surface area contributed by atoms with Crippen LogP contribution in [0.3, 0.4) is 0 Å². The summed E-state index contributed by atoms with van der Waals surface area (Å²) in [4.78, 5) is 22.0. The number of nitrogens with zero attached hydrogens (tertiary/aromatic N) is 2. The van der Waals surface area contributed by atoms with Crippen molar-refractivity contribution in [2.24, 2.45) is 0 Å². The van der Waals surface area contributed by atoms with Crippen LogP contribution < -0.4 is 10.6 Å². The second-order valence-corrected chi connectivity index (χ2v) is 7.05. The highest BCUT2D eigenvalue weighted by Gasteiger charge is 2.34. The Balaban J connectivity index is 1.60. The average Bonchev–Trinajstić information content (AvgIpc) is 3.24. The molecule has 0 spiro atoms. The van der Waals surface area contributed by atoms with E-state index in [0.717, 1.165) is 17.0 Å². The van der Waals surface area contributed by atoms with Gasteiger partial charge < -0.3 is 10.6 Å². The SMILES string of the molecule is Cc1ccnc(N[C@@H]2c3ccccc3C[C@H]2NC(=O)c2cccs2)n1. The summed E-state index contributed by atoms with van der Waals surface area (Å²) in [5.41, 5.74) is 3.33. The van der Waals surface area contributed by atoms with E-state index in [1.165, 1.54) is 22.5 Å². The number of aryl methyl sites for hydroxylation is 1. The Hall–Kier alpha value is -2.73. The molecule has 4 rings (SSSR count). The lowest BCUT2D eigenvalue weighted by molar-refractivity contribution is 0.0939. The maximum Gasteiger partial charge on any atom is 0.261 e. The maximum absolute atomic E-state index is 12.5. The quantitative estimate of drug-likeness (QED) is 0.757. The number of amides is 1. The first-order valence-electron chi connectivity index (χ1n) is 8.19. The van der Waals surface area contributed by atoms with E-state index in [1.54, 1.807) is 6.20 Å². The molecule has 1 aliphatic carbocycles. The molecule has 126 valence electrons. The van der Waals surface area contributed by atoms with Gasteiger partial charge in [-0.15, -0.1) is 11.3 Å².